The van der Waals surface area contributed by atoms with Gasteiger partial charge in [-0.3, -0.25) is 9.48 Å². The Bertz CT molecular complexity index is 837. The molecule has 0 bridgehead atoms. The molecule has 2 aromatic rings. The highest BCUT2D eigenvalue weighted by atomic mass is 35.5. The fraction of sp³-hybridized carbons (Fsp3) is 0.412. The second kappa shape index (κ2) is 8.08. The van der Waals surface area contributed by atoms with Crippen LogP contribution < -0.4 is 14.8 Å². The molecule has 1 aromatic heterocycles. The predicted octanol–water partition coefficient (Wildman–Crippen LogP) is 3.76. The van der Waals surface area contributed by atoms with E-state index in [0.29, 0.717) is 17.1 Å². The van der Waals surface area contributed by atoms with Crippen molar-refractivity contribution in [2.75, 3.05) is 14.2 Å². The lowest BCUT2D eigenvalue weighted by molar-refractivity contribution is -0.141. The van der Waals surface area contributed by atoms with Gasteiger partial charge in [-0.05, 0) is 32.0 Å². The molecule has 6 nitrogen and oxygen atoms in total. The summed E-state index contributed by atoms with van der Waals surface area (Å²) >= 11 is 5.69. The van der Waals surface area contributed by atoms with Gasteiger partial charge in [-0.25, -0.2) is 0 Å². The number of ether oxygens (including phenoxy) is 2. The minimum Gasteiger partial charge on any atom is -0.497 e. The van der Waals surface area contributed by atoms with E-state index in [1.165, 1.54) is 21.1 Å². The molecule has 1 amide bonds. The first-order valence-corrected chi connectivity index (χ1v) is 8.27. The molecule has 2 rings (SSSR count). The van der Waals surface area contributed by atoms with Crippen LogP contribution in [-0.4, -0.2) is 29.9 Å². The fourth-order valence-electron chi connectivity index (χ4n) is 2.54. The molecule has 0 radical (unpaired) electrons. The smallest absolute Gasteiger partial charge is 0.436 e. The number of amides is 1. The zero-order valence-electron chi connectivity index (χ0n) is 15.1. The van der Waals surface area contributed by atoms with Gasteiger partial charge in [0, 0.05) is 5.56 Å². The zero-order chi connectivity index (χ0) is 20.4. The molecule has 0 fully saturated rings. The van der Waals surface area contributed by atoms with Gasteiger partial charge < -0.3 is 14.8 Å². The molecule has 0 saturated carbocycles. The van der Waals surface area contributed by atoms with Gasteiger partial charge >= 0.3 is 6.18 Å². The van der Waals surface area contributed by atoms with Crippen LogP contribution in [0.3, 0.4) is 0 Å². The van der Waals surface area contributed by atoms with Crippen LogP contribution >= 0.6 is 11.6 Å². The van der Waals surface area contributed by atoms with Crippen LogP contribution in [0, 0.1) is 6.92 Å². The number of hydrogen-bond donors (Lipinski definition) is 1. The largest absolute Gasteiger partial charge is 0.497 e. The third-order valence-corrected chi connectivity index (χ3v) is 4.43. The molecule has 1 N–H and O–H groups in total. The molecule has 1 aromatic carbocycles. The Morgan fingerprint density at radius 2 is 2.00 bits per heavy atom. The van der Waals surface area contributed by atoms with E-state index in [-0.39, 0.29) is 5.69 Å². The number of alkyl halides is 3. The number of nitrogens with one attached hydrogen (secondary N) is 1. The minimum absolute atomic E-state index is 0.0609. The van der Waals surface area contributed by atoms with E-state index in [2.05, 4.69) is 10.4 Å². The van der Waals surface area contributed by atoms with Gasteiger partial charge in [0.1, 0.15) is 18.0 Å². The third-order valence-electron chi connectivity index (χ3n) is 3.98. The Labute approximate surface area is 159 Å². The number of aromatic nitrogens is 2. The van der Waals surface area contributed by atoms with Crippen LogP contribution in [0.4, 0.5) is 13.2 Å². The molecule has 0 aliphatic heterocycles. The van der Waals surface area contributed by atoms with Crippen molar-refractivity contribution in [3.8, 4) is 11.5 Å². The highest BCUT2D eigenvalue weighted by molar-refractivity contribution is 6.32. The summed E-state index contributed by atoms with van der Waals surface area (Å²) in [6.45, 7) is 2.68. The summed E-state index contributed by atoms with van der Waals surface area (Å²) in [4.78, 5) is 12.3. The number of benzene rings is 1. The Morgan fingerprint density at radius 3 is 2.52 bits per heavy atom. The second-order valence-corrected chi connectivity index (χ2v) is 6.18. The van der Waals surface area contributed by atoms with Crippen molar-refractivity contribution in [3.05, 3.63) is 40.2 Å². The summed E-state index contributed by atoms with van der Waals surface area (Å²) in [5.74, 6) is 0.598. The Morgan fingerprint density at radius 1 is 1.33 bits per heavy atom. The quantitative estimate of drug-likeness (QED) is 0.794. The molecule has 148 valence electrons. The normalized spacial score (nSPS) is 12.6. The van der Waals surface area contributed by atoms with Crippen LogP contribution in [0.15, 0.2) is 18.2 Å². The predicted molar refractivity (Wildman–Crippen MR) is 93.1 cm³/mol. The molecule has 1 unspecified atom stereocenters. The van der Waals surface area contributed by atoms with Crippen molar-refractivity contribution in [3.63, 3.8) is 0 Å². The number of hydrogen-bond acceptors (Lipinski definition) is 4. The minimum atomic E-state index is -4.69. The van der Waals surface area contributed by atoms with Gasteiger partial charge in [0.25, 0.3) is 0 Å². The summed E-state index contributed by atoms with van der Waals surface area (Å²) < 4.78 is 50.0. The molecule has 10 heteroatoms. The SMILES string of the molecule is COc1ccc(OC)c(C(C)NC(=O)Cn2nc(C(F)(F)F)c(Cl)c2C)c1. The van der Waals surface area contributed by atoms with E-state index in [1.54, 1.807) is 25.1 Å². The van der Waals surface area contributed by atoms with Gasteiger partial charge in [-0.2, -0.15) is 18.3 Å². The van der Waals surface area contributed by atoms with E-state index >= 15 is 0 Å². The van der Waals surface area contributed by atoms with Gasteiger partial charge in [0.05, 0.1) is 31.0 Å². The molecular weight excluding hydrogens is 387 g/mol. The summed E-state index contributed by atoms with van der Waals surface area (Å²) in [7, 11) is 3.00. The number of nitrogens with zero attached hydrogens (tertiary/aromatic N) is 2. The van der Waals surface area contributed by atoms with Crippen LogP contribution in [0.2, 0.25) is 5.02 Å². The number of methoxy groups -OCH3 is 2. The molecule has 0 aliphatic carbocycles. The summed E-state index contributed by atoms with van der Waals surface area (Å²) in [6, 6.07) is 4.65. The van der Waals surface area contributed by atoms with Crippen molar-refractivity contribution in [1.82, 2.24) is 15.1 Å². The fourth-order valence-corrected chi connectivity index (χ4v) is 2.78. The molecule has 0 aliphatic rings. The topological polar surface area (TPSA) is 65.4 Å². The number of halogens is 4. The Balaban J connectivity index is 2.17. The van der Waals surface area contributed by atoms with Gasteiger partial charge in [0.15, 0.2) is 5.69 Å². The number of carbonyl (C=O) groups is 1. The van der Waals surface area contributed by atoms with E-state index < -0.39 is 35.4 Å². The van der Waals surface area contributed by atoms with Gasteiger partial charge in [-0.1, -0.05) is 11.6 Å². The molecular formula is C17H19ClF3N3O3. The van der Waals surface area contributed by atoms with E-state index in [9.17, 15) is 18.0 Å². The van der Waals surface area contributed by atoms with Crippen molar-refractivity contribution in [2.45, 2.75) is 32.6 Å². The van der Waals surface area contributed by atoms with Gasteiger partial charge in [0.2, 0.25) is 5.91 Å². The van der Waals surface area contributed by atoms with Crippen molar-refractivity contribution in [1.29, 1.82) is 0 Å². The average molecular weight is 406 g/mol. The maximum absolute atomic E-state index is 12.9. The van der Waals surface area contributed by atoms with Crippen LogP contribution in [0.5, 0.6) is 11.5 Å². The first-order valence-electron chi connectivity index (χ1n) is 7.89. The van der Waals surface area contributed by atoms with Crippen molar-refractivity contribution >= 4 is 17.5 Å². The lowest BCUT2D eigenvalue weighted by Gasteiger charge is -2.18. The molecule has 27 heavy (non-hydrogen) atoms. The maximum atomic E-state index is 12.9. The average Bonchev–Trinajstić information content (AvgIpc) is 2.89. The Hall–Kier alpha value is -2.42. The number of rotatable bonds is 6. The molecule has 0 spiro atoms. The lowest BCUT2D eigenvalue weighted by Crippen LogP contribution is -2.31. The van der Waals surface area contributed by atoms with E-state index in [1.807, 2.05) is 0 Å². The standard InChI is InChI=1S/C17H19ClF3N3O3/c1-9(12-7-11(26-3)5-6-13(12)27-4)22-14(25)8-24-10(2)15(18)16(23-24)17(19,20)21/h5-7,9H,8H2,1-4H3,(H,22,25). The van der Waals surface area contributed by atoms with Crippen LogP contribution in [0.25, 0.3) is 0 Å². The second-order valence-electron chi connectivity index (χ2n) is 5.80. The Kier molecular flexibility index (Phi) is 6.25. The monoisotopic (exact) mass is 405 g/mol. The van der Waals surface area contributed by atoms with E-state index in [4.69, 9.17) is 21.1 Å². The third kappa shape index (κ3) is 4.65. The summed E-state index contributed by atoms with van der Waals surface area (Å²) in [5, 5.41) is 5.61. The summed E-state index contributed by atoms with van der Waals surface area (Å²) in [5.41, 5.74) is -0.487. The molecule has 0 saturated heterocycles. The first kappa shape index (κ1) is 20.9. The van der Waals surface area contributed by atoms with Crippen molar-refractivity contribution < 1.29 is 27.4 Å². The molecule has 1 atom stereocenters. The van der Waals surface area contributed by atoms with E-state index in [0.717, 1.165) is 4.68 Å². The van der Waals surface area contributed by atoms with Crippen LogP contribution in [-0.2, 0) is 17.5 Å². The highest BCUT2D eigenvalue weighted by Crippen LogP contribution is 2.35. The maximum Gasteiger partial charge on any atom is 0.436 e. The zero-order valence-corrected chi connectivity index (χ0v) is 15.9. The first-order chi connectivity index (χ1) is 12.6. The van der Waals surface area contributed by atoms with Crippen molar-refractivity contribution in [2.24, 2.45) is 0 Å². The summed E-state index contributed by atoms with van der Waals surface area (Å²) in [6.07, 6.45) is -4.69. The number of carbonyl (C=O) groups excluding carboxylic acids is 1. The van der Waals surface area contributed by atoms with Crippen LogP contribution in [0.1, 0.15) is 29.9 Å². The highest BCUT2D eigenvalue weighted by Gasteiger charge is 2.38. The molecule has 1 heterocycles. The van der Waals surface area contributed by atoms with Gasteiger partial charge in [-0.15, -0.1) is 0 Å². The lowest BCUT2D eigenvalue weighted by atomic mass is 10.1.